The second kappa shape index (κ2) is 11.4. The molecule has 1 heterocycles. The van der Waals surface area contributed by atoms with Crippen molar-refractivity contribution in [3.8, 4) is 11.5 Å². The van der Waals surface area contributed by atoms with Gasteiger partial charge in [-0.25, -0.2) is 0 Å². The van der Waals surface area contributed by atoms with Crippen molar-refractivity contribution in [1.29, 1.82) is 0 Å². The molecule has 0 saturated heterocycles. The van der Waals surface area contributed by atoms with Crippen LogP contribution in [0.2, 0.25) is 4.34 Å². The van der Waals surface area contributed by atoms with Crippen LogP contribution in [0.1, 0.15) is 15.2 Å². The van der Waals surface area contributed by atoms with E-state index in [0.717, 1.165) is 4.88 Å². The summed E-state index contributed by atoms with van der Waals surface area (Å²) in [6, 6.07) is 17.5. The third-order valence-electron chi connectivity index (χ3n) is 4.44. The number of ether oxygens (including phenoxy) is 2. The zero-order chi connectivity index (χ0) is 22.9. The Balaban J connectivity index is 1.56. The quantitative estimate of drug-likeness (QED) is 0.410. The van der Waals surface area contributed by atoms with Gasteiger partial charge in [0, 0.05) is 28.7 Å². The number of hydrogen-bond acceptors (Lipinski definition) is 5. The van der Waals surface area contributed by atoms with Crippen LogP contribution < -0.4 is 14.8 Å². The number of carbonyl (C=O) groups is 2. The summed E-state index contributed by atoms with van der Waals surface area (Å²) >= 11 is 7.43. The number of benzene rings is 2. The molecular formula is C24H23ClN2O4S. The van der Waals surface area contributed by atoms with Crippen molar-refractivity contribution in [3.05, 3.63) is 88.1 Å². The summed E-state index contributed by atoms with van der Waals surface area (Å²) in [4.78, 5) is 27.7. The van der Waals surface area contributed by atoms with Gasteiger partial charge in [-0.3, -0.25) is 9.59 Å². The molecule has 166 valence electrons. The molecule has 0 aliphatic carbocycles. The average Bonchev–Trinajstić information content (AvgIpc) is 3.22. The van der Waals surface area contributed by atoms with Crippen molar-refractivity contribution in [2.75, 3.05) is 25.6 Å². The van der Waals surface area contributed by atoms with Gasteiger partial charge >= 0.3 is 0 Å². The molecule has 2 aromatic carbocycles. The Morgan fingerprint density at radius 3 is 2.56 bits per heavy atom. The van der Waals surface area contributed by atoms with Crippen molar-refractivity contribution in [3.63, 3.8) is 0 Å². The Hall–Kier alpha value is -3.29. The van der Waals surface area contributed by atoms with Gasteiger partial charge in [0.15, 0.2) is 6.61 Å². The summed E-state index contributed by atoms with van der Waals surface area (Å²) in [6.07, 6.45) is 1.69. The SMILES string of the molecule is C=CCN(Cc1ccc(Cl)s1)C(=O)c1ccc(OCC(=O)Nc2cccc(OC)c2)cc1. The van der Waals surface area contributed by atoms with Crippen molar-refractivity contribution < 1.29 is 19.1 Å². The van der Waals surface area contributed by atoms with Crippen molar-refractivity contribution in [1.82, 2.24) is 4.90 Å². The molecule has 0 fully saturated rings. The first kappa shape index (κ1) is 23.4. The molecule has 0 unspecified atom stereocenters. The largest absolute Gasteiger partial charge is 0.497 e. The number of halogens is 1. The molecule has 6 nitrogen and oxygen atoms in total. The van der Waals surface area contributed by atoms with Gasteiger partial charge < -0.3 is 19.7 Å². The Labute approximate surface area is 196 Å². The van der Waals surface area contributed by atoms with Gasteiger partial charge in [0.1, 0.15) is 11.5 Å². The molecule has 32 heavy (non-hydrogen) atoms. The number of hydrogen-bond donors (Lipinski definition) is 1. The second-order valence-corrected chi connectivity index (χ2v) is 8.57. The van der Waals surface area contributed by atoms with Crippen LogP contribution in [0.3, 0.4) is 0 Å². The van der Waals surface area contributed by atoms with Crippen LogP contribution >= 0.6 is 22.9 Å². The fourth-order valence-corrected chi connectivity index (χ4v) is 4.03. The number of anilines is 1. The number of amides is 2. The van der Waals surface area contributed by atoms with Crippen molar-refractivity contribution in [2.24, 2.45) is 0 Å². The molecule has 1 N–H and O–H groups in total. The molecule has 0 aliphatic rings. The number of carbonyl (C=O) groups excluding carboxylic acids is 2. The second-order valence-electron chi connectivity index (χ2n) is 6.77. The average molecular weight is 471 g/mol. The van der Waals surface area contributed by atoms with Gasteiger partial charge in [-0.05, 0) is 48.5 Å². The predicted octanol–water partition coefficient (Wildman–Crippen LogP) is 5.26. The molecule has 3 rings (SSSR count). The zero-order valence-electron chi connectivity index (χ0n) is 17.5. The number of nitrogens with zero attached hydrogens (tertiary/aromatic N) is 1. The maximum atomic E-state index is 12.9. The molecular weight excluding hydrogens is 448 g/mol. The van der Waals surface area contributed by atoms with E-state index in [1.807, 2.05) is 12.1 Å². The van der Waals surface area contributed by atoms with Crippen LogP contribution in [0.25, 0.3) is 0 Å². The van der Waals surface area contributed by atoms with E-state index in [1.165, 1.54) is 11.3 Å². The van der Waals surface area contributed by atoms with Crippen molar-refractivity contribution in [2.45, 2.75) is 6.54 Å². The van der Waals surface area contributed by atoms with E-state index in [2.05, 4.69) is 11.9 Å². The summed E-state index contributed by atoms with van der Waals surface area (Å²) in [7, 11) is 1.56. The Morgan fingerprint density at radius 1 is 1.12 bits per heavy atom. The first-order valence-electron chi connectivity index (χ1n) is 9.79. The number of rotatable bonds is 10. The van der Waals surface area contributed by atoms with Gasteiger partial charge in [0.2, 0.25) is 0 Å². The molecule has 8 heteroatoms. The normalized spacial score (nSPS) is 10.3. The predicted molar refractivity (Wildman–Crippen MR) is 128 cm³/mol. The minimum absolute atomic E-state index is 0.128. The van der Waals surface area contributed by atoms with Gasteiger partial charge in [-0.2, -0.15) is 0 Å². The minimum Gasteiger partial charge on any atom is -0.497 e. The van der Waals surface area contributed by atoms with Gasteiger partial charge in [-0.15, -0.1) is 17.9 Å². The minimum atomic E-state index is -0.301. The molecule has 3 aromatic rings. The fraction of sp³-hybridized carbons (Fsp3) is 0.167. The summed E-state index contributed by atoms with van der Waals surface area (Å²) in [5, 5.41) is 2.75. The molecule has 0 spiro atoms. The number of thiophene rings is 1. The first-order valence-corrected chi connectivity index (χ1v) is 11.0. The highest BCUT2D eigenvalue weighted by molar-refractivity contribution is 7.16. The lowest BCUT2D eigenvalue weighted by Crippen LogP contribution is -2.30. The molecule has 1 aromatic heterocycles. The summed E-state index contributed by atoms with van der Waals surface area (Å²) in [5.74, 6) is 0.709. The molecule has 0 radical (unpaired) electrons. The maximum Gasteiger partial charge on any atom is 0.262 e. The highest BCUT2D eigenvalue weighted by Crippen LogP contribution is 2.24. The zero-order valence-corrected chi connectivity index (χ0v) is 19.1. The monoisotopic (exact) mass is 470 g/mol. The Morgan fingerprint density at radius 2 is 1.91 bits per heavy atom. The topological polar surface area (TPSA) is 67.9 Å². The van der Waals surface area contributed by atoms with E-state index in [-0.39, 0.29) is 18.4 Å². The first-order chi connectivity index (χ1) is 15.5. The van der Waals surface area contributed by atoms with E-state index >= 15 is 0 Å². The van der Waals surface area contributed by atoms with Crippen LogP contribution in [-0.4, -0.2) is 37.0 Å². The lowest BCUT2D eigenvalue weighted by molar-refractivity contribution is -0.118. The molecule has 2 amide bonds. The summed E-state index contributed by atoms with van der Waals surface area (Å²) in [5.41, 5.74) is 1.14. The number of methoxy groups -OCH3 is 1. The van der Waals surface area contributed by atoms with Crippen molar-refractivity contribution >= 4 is 40.4 Å². The van der Waals surface area contributed by atoms with Gasteiger partial charge in [-0.1, -0.05) is 23.7 Å². The van der Waals surface area contributed by atoms with E-state index in [9.17, 15) is 9.59 Å². The van der Waals surface area contributed by atoms with E-state index in [4.69, 9.17) is 21.1 Å². The molecule has 0 saturated carbocycles. The molecule has 0 bridgehead atoms. The highest BCUT2D eigenvalue weighted by atomic mass is 35.5. The van der Waals surface area contributed by atoms with E-state index in [1.54, 1.807) is 66.6 Å². The molecule has 0 atom stereocenters. The Bertz CT molecular complexity index is 1080. The van der Waals surface area contributed by atoms with Crippen LogP contribution in [0.5, 0.6) is 11.5 Å². The standard InChI is InChI=1S/C24H23ClN2O4S/c1-3-13-27(15-21-11-12-22(25)32-21)24(29)17-7-9-19(10-8-17)31-16-23(28)26-18-5-4-6-20(14-18)30-2/h3-12,14H,1,13,15-16H2,2H3,(H,26,28). The molecule has 0 aliphatic heterocycles. The van der Waals surface area contributed by atoms with Gasteiger partial charge in [0.25, 0.3) is 11.8 Å². The summed E-state index contributed by atoms with van der Waals surface area (Å²) < 4.78 is 11.4. The Kier molecular flexibility index (Phi) is 8.30. The van der Waals surface area contributed by atoms with Crippen LogP contribution in [0.15, 0.2) is 73.3 Å². The van der Waals surface area contributed by atoms with Crippen LogP contribution in [0.4, 0.5) is 5.69 Å². The third kappa shape index (κ3) is 6.60. The van der Waals surface area contributed by atoms with E-state index < -0.39 is 0 Å². The lowest BCUT2D eigenvalue weighted by atomic mass is 10.2. The fourth-order valence-electron chi connectivity index (χ4n) is 2.92. The summed E-state index contributed by atoms with van der Waals surface area (Å²) in [6.45, 7) is 4.44. The van der Waals surface area contributed by atoms with E-state index in [0.29, 0.717) is 40.2 Å². The smallest absolute Gasteiger partial charge is 0.262 e. The van der Waals surface area contributed by atoms with Crippen LogP contribution in [-0.2, 0) is 11.3 Å². The highest BCUT2D eigenvalue weighted by Gasteiger charge is 2.16. The number of nitrogens with one attached hydrogen (secondary N) is 1. The third-order valence-corrected chi connectivity index (χ3v) is 5.65. The van der Waals surface area contributed by atoms with Crippen LogP contribution in [0, 0.1) is 0 Å². The lowest BCUT2D eigenvalue weighted by Gasteiger charge is -2.20. The maximum absolute atomic E-state index is 12.9. The van der Waals surface area contributed by atoms with Gasteiger partial charge in [0.05, 0.1) is 18.0 Å².